The third-order valence-corrected chi connectivity index (χ3v) is 4.67. The molecule has 3 aromatic carbocycles. The van der Waals surface area contributed by atoms with Crippen molar-refractivity contribution in [1.29, 1.82) is 0 Å². The molecule has 0 saturated heterocycles. The van der Waals surface area contributed by atoms with Crippen LogP contribution in [0.15, 0.2) is 66.7 Å². The number of nitrogens with one attached hydrogen (secondary N) is 1. The van der Waals surface area contributed by atoms with E-state index in [0.29, 0.717) is 16.8 Å². The Morgan fingerprint density at radius 2 is 1.43 bits per heavy atom. The summed E-state index contributed by atoms with van der Waals surface area (Å²) in [6, 6.07) is 16.1. The van der Waals surface area contributed by atoms with E-state index in [2.05, 4.69) is 5.32 Å². The molecule has 8 heteroatoms. The van der Waals surface area contributed by atoms with Crippen molar-refractivity contribution in [2.24, 2.45) is 0 Å². The number of imide groups is 1. The van der Waals surface area contributed by atoms with Gasteiger partial charge in [-0.3, -0.25) is 14.4 Å². The Bertz CT molecular complexity index is 1180. The first kappa shape index (κ1) is 18.9. The summed E-state index contributed by atoms with van der Waals surface area (Å²) in [5.41, 5.74) is 1.17. The number of rotatable bonds is 4. The number of hydrogen-bond donors (Lipinski definition) is 3. The van der Waals surface area contributed by atoms with Crippen LogP contribution < -0.4 is 10.2 Å². The van der Waals surface area contributed by atoms with Crippen LogP contribution in [0.5, 0.6) is 5.75 Å². The highest BCUT2D eigenvalue weighted by Crippen LogP contribution is 2.28. The van der Waals surface area contributed by atoms with Crippen molar-refractivity contribution in [2.75, 3.05) is 10.2 Å². The number of amides is 3. The molecule has 3 aromatic rings. The van der Waals surface area contributed by atoms with E-state index in [1.54, 1.807) is 24.3 Å². The van der Waals surface area contributed by atoms with E-state index in [-0.39, 0.29) is 16.8 Å². The molecule has 1 heterocycles. The Hall–Kier alpha value is -4.46. The summed E-state index contributed by atoms with van der Waals surface area (Å²) < 4.78 is 0. The molecular formula is C22H14N2O6. The van der Waals surface area contributed by atoms with Gasteiger partial charge in [-0.2, -0.15) is 0 Å². The number of phenols is 1. The number of hydrogen-bond acceptors (Lipinski definition) is 5. The molecule has 0 spiro atoms. The largest absolute Gasteiger partial charge is 0.507 e. The molecule has 0 saturated carbocycles. The zero-order valence-electron chi connectivity index (χ0n) is 15.3. The van der Waals surface area contributed by atoms with E-state index in [1.165, 1.54) is 36.4 Å². The van der Waals surface area contributed by atoms with E-state index in [0.717, 1.165) is 11.0 Å². The number of fused-ring (bicyclic) bond motifs is 1. The molecule has 0 fully saturated rings. The van der Waals surface area contributed by atoms with Crippen molar-refractivity contribution in [2.45, 2.75) is 0 Å². The number of carboxylic acids is 1. The minimum atomic E-state index is -1.28. The number of carbonyl (C=O) groups is 4. The fourth-order valence-electron chi connectivity index (χ4n) is 3.18. The highest BCUT2D eigenvalue weighted by Gasteiger charge is 2.36. The van der Waals surface area contributed by atoms with Crippen molar-refractivity contribution < 1.29 is 29.4 Å². The molecule has 30 heavy (non-hydrogen) atoms. The first-order valence-electron chi connectivity index (χ1n) is 8.82. The normalized spacial score (nSPS) is 12.6. The Morgan fingerprint density at radius 3 is 1.97 bits per heavy atom. The summed E-state index contributed by atoms with van der Waals surface area (Å²) in [5, 5.41) is 21.2. The van der Waals surface area contributed by atoms with Gasteiger partial charge in [0.05, 0.1) is 16.8 Å². The molecule has 0 aliphatic carbocycles. The summed E-state index contributed by atoms with van der Waals surface area (Å²) in [5.74, 6) is -3.12. The van der Waals surface area contributed by atoms with Crippen LogP contribution in [-0.4, -0.2) is 33.9 Å². The molecule has 0 atom stereocenters. The van der Waals surface area contributed by atoms with Crippen LogP contribution in [0, 0.1) is 0 Å². The third-order valence-electron chi connectivity index (χ3n) is 4.67. The maximum atomic E-state index is 12.5. The number of aromatic carboxylic acids is 1. The number of aromatic hydroxyl groups is 1. The van der Waals surface area contributed by atoms with Gasteiger partial charge < -0.3 is 15.5 Å². The molecule has 3 N–H and O–H groups in total. The van der Waals surface area contributed by atoms with Gasteiger partial charge in [0, 0.05) is 17.3 Å². The number of carbonyl (C=O) groups excluding carboxylic acids is 3. The van der Waals surface area contributed by atoms with E-state index in [1.807, 2.05) is 0 Å². The molecule has 1 aliphatic heterocycles. The van der Waals surface area contributed by atoms with Crippen molar-refractivity contribution in [1.82, 2.24) is 0 Å². The number of nitrogens with zero attached hydrogens (tertiary/aromatic N) is 1. The number of benzene rings is 3. The van der Waals surface area contributed by atoms with Crippen LogP contribution in [-0.2, 0) is 0 Å². The predicted octanol–water partition coefficient (Wildman–Crippen LogP) is 3.14. The van der Waals surface area contributed by atoms with Gasteiger partial charge in [-0.1, -0.05) is 12.1 Å². The summed E-state index contributed by atoms with van der Waals surface area (Å²) in [4.78, 5) is 49.5. The number of carboxylic acid groups (broad SMARTS) is 1. The molecule has 3 amide bonds. The molecule has 4 rings (SSSR count). The van der Waals surface area contributed by atoms with Crippen LogP contribution in [0.25, 0.3) is 0 Å². The molecule has 1 aliphatic rings. The molecule has 0 radical (unpaired) electrons. The molecule has 0 bridgehead atoms. The monoisotopic (exact) mass is 402 g/mol. The minimum Gasteiger partial charge on any atom is -0.507 e. The molecule has 0 aromatic heterocycles. The lowest BCUT2D eigenvalue weighted by molar-refractivity contribution is 0.0693. The summed E-state index contributed by atoms with van der Waals surface area (Å²) >= 11 is 0. The lowest BCUT2D eigenvalue weighted by atomic mass is 10.1. The van der Waals surface area contributed by atoms with Crippen LogP contribution in [0.1, 0.15) is 41.4 Å². The van der Waals surface area contributed by atoms with Crippen molar-refractivity contribution in [3.63, 3.8) is 0 Å². The molecule has 148 valence electrons. The third kappa shape index (κ3) is 3.16. The predicted molar refractivity (Wildman–Crippen MR) is 107 cm³/mol. The number of anilines is 2. The van der Waals surface area contributed by atoms with Crippen molar-refractivity contribution in [3.05, 3.63) is 89.0 Å². The first-order valence-corrected chi connectivity index (χ1v) is 8.82. The van der Waals surface area contributed by atoms with Crippen LogP contribution in [0.2, 0.25) is 0 Å². The molecular weight excluding hydrogens is 388 g/mol. The van der Waals surface area contributed by atoms with Crippen LogP contribution in [0.3, 0.4) is 0 Å². The average molecular weight is 402 g/mol. The second kappa shape index (κ2) is 7.17. The van der Waals surface area contributed by atoms with E-state index in [9.17, 15) is 24.3 Å². The van der Waals surface area contributed by atoms with Crippen molar-refractivity contribution in [3.8, 4) is 5.75 Å². The highest BCUT2D eigenvalue weighted by atomic mass is 16.4. The van der Waals surface area contributed by atoms with Crippen molar-refractivity contribution >= 4 is 35.1 Å². The van der Waals surface area contributed by atoms with Gasteiger partial charge in [-0.25, -0.2) is 9.69 Å². The average Bonchev–Trinajstić information content (AvgIpc) is 2.98. The minimum absolute atomic E-state index is 0.215. The second-order valence-electron chi connectivity index (χ2n) is 6.53. The zero-order valence-corrected chi connectivity index (χ0v) is 15.3. The van der Waals surface area contributed by atoms with Crippen LogP contribution >= 0.6 is 0 Å². The van der Waals surface area contributed by atoms with Gasteiger partial charge in [-0.15, -0.1) is 0 Å². The SMILES string of the molecule is O=C(Nc1ccc(C(=O)O)c(O)c1)c1ccc(N2C(=O)c3ccccc3C2=O)cc1. The highest BCUT2D eigenvalue weighted by molar-refractivity contribution is 6.34. The zero-order chi connectivity index (χ0) is 21.4. The first-order chi connectivity index (χ1) is 14.4. The van der Waals surface area contributed by atoms with E-state index in [4.69, 9.17) is 5.11 Å². The summed E-state index contributed by atoms with van der Waals surface area (Å²) in [6.07, 6.45) is 0. The Labute approximate surface area is 170 Å². The van der Waals surface area contributed by atoms with Gasteiger partial charge in [0.1, 0.15) is 11.3 Å². The van der Waals surface area contributed by atoms with Gasteiger partial charge >= 0.3 is 5.97 Å². The fourth-order valence-corrected chi connectivity index (χ4v) is 3.18. The van der Waals surface area contributed by atoms with Gasteiger partial charge in [-0.05, 0) is 48.5 Å². The molecule has 0 unspecified atom stereocenters. The lowest BCUT2D eigenvalue weighted by Gasteiger charge is -2.14. The Kier molecular flexibility index (Phi) is 4.51. The van der Waals surface area contributed by atoms with Gasteiger partial charge in [0.15, 0.2) is 0 Å². The van der Waals surface area contributed by atoms with Gasteiger partial charge in [0.2, 0.25) is 0 Å². The maximum Gasteiger partial charge on any atom is 0.339 e. The summed E-state index contributed by atoms with van der Waals surface area (Å²) in [7, 11) is 0. The lowest BCUT2D eigenvalue weighted by Crippen LogP contribution is -2.29. The fraction of sp³-hybridized carbons (Fsp3) is 0. The Balaban J connectivity index is 1.52. The topological polar surface area (TPSA) is 124 Å². The van der Waals surface area contributed by atoms with E-state index < -0.39 is 29.4 Å². The van der Waals surface area contributed by atoms with E-state index >= 15 is 0 Å². The molecule has 8 nitrogen and oxygen atoms in total. The Morgan fingerprint density at radius 1 is 0.833 bits per heavy atom. The quantitative estimate of drug-likeness (QED) is 0.576. The maximum absolute atomic E-state index is 12.5. The van der Waals surface area contributed by atoms with Crippen LogP contribution in [0.4, 0.5) is 11.4 Å². The second-order valence-corrected chi connectivity index (χ2v) is 6.53. The summed E-state index contributed by atoms with van der Waals surface area (Å²) in [6.45, 7) is 0. The standard InChI is InChI=1S/C22H14N2O6/c25-18-11-13(7-10-17(18)22(29)30)23-19(26)12-5-8-14(9-6-12)24-20(27)15-3-1-2-4-16(15)21(24)28/h1-11,25H,(H,23,26)(H,29,30). The van der Waals surface area contributed by atoms with Gasteiger partial charge in [0.25, 0.3) is 17.7 Å². The smallest absolute Gasteiger partial charge is 0.339 e.